The topological polar surface area (TPSA) is 249 Å². The van der Waals surface area contributed by atoms with Gasteiger partial charge in [0.25, 0.3) is 0 Å². The summed E-state index contributed by atoms with van der Waals surface area (Å²) in [4.78, 5) is 56.4. The Hall–Kier alpha value is -4.74. The molecular formula is C36H44O16. The Morgan fingerprint density at radius 3 is 1.73 bits per heavy atom. The Labute approximate surface area is 298 Å². The van der Waals surface area contributed by atoms with E-state index in [4.69, 9.17) is 28.1 Å². The second kappa shape index (κ2) is 14.4. The molecule has 1 fully saturated rings. The van der Waals surface area contributed by atoms with Crippen LogP contribution in [0.25, 0.3) is 22.1 Å². The number of phenolic OH excluding ortho intramolecular Hbond substituents is 2. The number of phenols is 2. The predicted octanol–water partition coefficient (Wildman–Crippen LogP) is 2.92. The van der Waals surface area contributed by atoms with Crippen molar-refractivity contribution in [3.8, 4) is 28.4 Å². The van der Waals surface area contributed by atoms with Crippen LogP contribution < -0.4 is 10.2 Å². The highest BCUT2D eigenvalue weighted by Crippen LogP contribution is 2.44. The fourth-order valence-corrected chi connectivity index (χ4v) is 5.18. The molecule has 1 aliphatic rings. The third kappa shape index (κ3) is 8.48. The van der Waals surface area contributed by atoms with E-state index in [0.717, 1.165) is 0 Å². The Morgan fingerprint density at radius 2 is 1.23 bits per heavy atom. The van der Waals surface area contributed by atoms with Crippen molar-refractivity contribution in [1.82, 2.24) is 0 Å². The summed E-state index contributed by atoms with van der Waals surface area (Å²) in [5.74, 6) is -6.89. The first-order valence-corrected chi connectivity index (χ1v) is 16.2. The molecule has 16 heteroatoms. The van der Waals surface area contributed by atoms with Crippen molar-refractivity contribution < 1.29 is 73.1 Å². The minimum Gasteiger partial charge on any atom is -0.508 e. The monoisotopic (exact) mass is 732 g/mol. The van der Waals surface area contributed by atoms with Crippen LogP contribution in [-0.4, -0.2) is 103 Å². The van der Waals surface area contributed by atoms with Gasteiger partial charge in [-0.3, -0.25) is 4.79 Å². The van der Waals surface area contributed by atoms with Crippen LogP contribution in [0.2, 0.25) is 0 Å². The van der Waals surface area contributed by atoms with Gasteiger partial charge in [0.1, 0.15) is 69.2 Å². The van der Waals surface area contributed by atoms with Crippen LogP contribution in [0, 0.1) is 0 Å². The molecule has 1 saturated heterocycles. The summed E-state index contributed by atoms with van der Waals surface area (Å²) in [5.41, 5.74) is -7.88. The quantitative estimate of drug-likeness (QED) is 0.151. The van der Waals surface area contributed by atoms with Gasteiger partial charge in [-0.25, -0.2) is 14.4 Å². The van der Waals surface area contributed by atoms with E-state index in [1.807, 2.05) is 0 Å². The fourth-order valence-electron chi connectivity index (χ4n) is 5.18. The molecule has 0 amide bonds. The lowest BCUT2D eigenvalue weighted by molar-refractivity contribution is -0.277. The Bertz CT molecular complexity index is 1900. The molecule has 6 N–H and O–H groups in total. The summed E-state index contributed by atoms with van der Waals surface area (Å²) in [6.07, 6.45) is -9.47. The molecule has 0 aliphatic carbocycles. The zero-order chi connectivity index (χ0) is 39.2. The van der Waals surface area contributed by atoms with Gasteiger partial charge in [-0.1, -0.05) is 12.1 Å². The molecule has 0 saturated carbocycles. The summed E-state index contributed by atoms with van der Waals surface area (Å²) >= 11 is 0. The van der Waals surface area contributed by atoms with Crippen LogP contribution >= 0.6 is 0 Å². The normalized spacial score (nSPS) is 21.1. The molecule has 2 aromatic carbocycles. The minimum atomic E-state index is -2.09. The predicted molar refractivity (Wildman–Crippen MR) is 181 cm³/mol. The molecule has 5 atom stereocenters. The van der Waals surface area contributed by atoms with E-state index < -0.39 is 122 Å². The first kappa shape index (κ1) is 40.0. The second-order valence-corrected chi connectivity index (χ2v) is 15.1. The molecule has 2 heterocycles. The minimum absolute atomic E-state index is 0.00740. The van der Waals surface area contributed by atoms with Crippen molar-refractivity contribution in [3.63, 3.8) is 0 Å². The van der Waals surface area contributed by atoms with Crippen LogP contribution in [-0.2, 0) is 18.9 Å². The summed E-state index contributed by atoms with van der Waals surface area (Å²) in [6, 6.07) is 4.98. The van der Waals surface area contributed by atoms with Gasteiger partial charge in [0.2, 0.25) is 17.5 Å². The molecule has 16 nitrogen and oxygen atoms in total. The number of fused-ring (bicyclic) bond motifs is 1. The Morgan fingerprint density at radius 1 is 0.731 bits per heavy atom. The molecule has 52 heavy (non-hydrogen) atoms. The van der Waals surface area contributed by atoms with Gasteiger partial charge < -0.3 is 58.7 Å². The summed E-state index contributed by atoms with van der Waals surface area (Å²) < 4.78 is 34.0. The van der Waals surface area contributed by atoms with Crippen LogP contribution in [0.1, 0.15) is 93.6 Å². The zero-order valence-electron chi connectivity index (χ0n) is 30.2. The SMILES string of the molecule is CC(C)(C)OC(=O)c1oc2c(C(=O)OC(C)(C)C)c(O[C@@H]3OC(CO)[C@@H](O)C(O)C3O)c(C(=O)OC(C)(C)C)c(O)c2c(=O)c1-c1ccc(O)cc1. The van der Waals surface area contributed by atoms with Gasteiger partial charge in [-0.15, -0.1) is 0 Å². The maximum Gasteiger partial charge on any atom is 0.375 e. The average molecular weight is 733 g/mol. The van der Waals surface area contributed by atoms with Crippen LogP contribution in [0.15, 0.2) is 33.5 Å². The van der Waals surface area contributed by atoms with E-state index in [9.17, 15) is 49.8 Å². The lowest BCUT2D eigenvalue weighted by atomic mass is 9.96. The van der Waals surface area contributed by atoms with Crippen molar-refractivity contribution in [1.29, 1.82) is 0 Å². The fraction of sp³-hybridized carbons (Fsp3) is 0.500. The summed E-state index contributed by atoms with van der Waals surface area (Å²) in [6.45, 7) is 12.7. The van der Waals surface area contributed by atoms with Crippen LogP contribution in [0.4, 0.5) is 0 Å². The van der Waals surface area contributed by atoms with Crippen molar-refractivity contribution in [2.24, 2.45) is 0 Å². The highest BCUT2D eigenvalue weighted by Gasteiger charge is 2.47. The van der Waals surface area contributed by atoms with Crippen molar-refractivity contribution in [2.75, 3.05) is 6.61 Å². The number of benzene rings is 2. The maximum absolute atomic E-state index is 14.6. The van der Waals surface area contributed by atoms with Crippen molar-refractivity contribution in [3.05, 3.63) is 51.4 Å². The van der Waals surface area contributed by atoms with E-state index in [1.165, 1.54) is 65.8 Å². The number of carbonyl (C=O) groups excluding carboxylic acids is 3. The number of aliphatic hydroxyl groups excluding tert-OH is 4. The second-order valence-electron chi connectivity index (χ2n) is 15.1. The zero-order valence-corrected chi connectivity index (χ0v) is 30.2. The van der Waals surface area contributed by atoms with Gasteiger partial charge in [-0.2, -0.15) is 0 Å². The van der Waals surface area contributed by atoms with Gasteiger partial charge in [-0.05, 0) is 80.0 Å². The number of aromatic hydroxyl groups is 2. The van der Waals surface area contributed by atoms with Crippen molar-refractivity contribution >= 4 is 28.9 Å². The lowest BCUT2D eigenvalue weighted by Crippen LogP contribution is -2.60. The number of hydrogen-bond donors (Lipinski definition) is 6. The van der Waals surface area contributed by atoms with Crippen LogP contribution in [0.3, 0.4) is 0 Å². The number of rotatable bonds is 7. The molecule has 1 aliphatic heterocycles. The lowest BCUT2D eigenvalue weighted by Gasteiger charge is -2.40. The average Bonchev–Trinajstić information content (AvgIpc) is 2.99. The van der Waals surface area contributed by atoms with E-state index >= 15 is 0 Å². The van der Waals surface area contributed by atoms with Crippen molar-refractivity contribution in [2.45, 2.75) is 110 Å². The number of carbonyl (C=O) groups is 3. The Balaban J connectivity index is 2.23. The molecule has 4 rings (SSSR count). The smallest absolute Gasteiger partial charge is 0.375 e. The Kier molecular flexibility index (Phi) is 11.0. The number of esters is 3. The molecule has 0 radical (unpaired) electrons. The maximum atomic E-state index is 14.6. The molecular weight excluding hydrogens is 688 g/mol. The number of ether oxygens (including phenoxy) is 5. The van der Waals surface area contributed by atoms with Gasteiger partial charge >= 0.3 is 17.9 Å². The highest BCUT2D eigenvalue weighted by molar-refractivity contribution is 6.14. The first-order chi connectivity index (χ1) is 23.8. The molecule has 3 unspecified atom stereocenters. The van der Waals surface area contributed by atoms with E-state index in [2.05, 4.69) is 0 Å². The van der Waals surface area contributed by atoms with Gasteiger partial charge in [0.05, 0.1) is 12.2 Å². The van der Waals surface area contributed by atoms with E-state index in [1.54, 1.807) is 20.8 Å². The summed E-state index contributed by atoms with van der Waals surface area (Å²) in [7, 11) is 0. The number of aliphatic hydroxyl groups is 4. The van der Waals surface area contributed by atoms with Gasteiger partial charge in [0.15, 0.2) is 11.3 Å². The summed E-state index contributed by atoms with van der Waals surface area (Å²) in [5, 5.41) is 62.4. The van der Waals surface area contributed by atoms with E-state index in [-0.39, 0.29) is 11.3 Å². The van der Waals surface area contributed by atoms with Crippen LogP contribution in [0.5, 0.6) is 17.2 Å². The third-order valence-corrected chi connectivity index (χ3v) is 7.30. The van der Waals surface area contributed by atoms with E-state index in [0.29, 0.717) is 0 Å². The molecule has 1 aromatic heterocycles. The third-order valence-electron chi connectivity index (χ3n) is 7.30. The molecule has 3 aromatic rings. The first-order valence-electron chi connectivity index (χ1n) is 16.2. The molecule has 0 bridgehead atoms. The largest absolute Gasteiger partial charge is 0.508 e. The molecule has 284 valence electrons. The van der Waals surface area contributed by atoms with Gasteiger partial charge in [0, 0.05) is 0 Å². The number of hydrogen-bond acceptors (Lipinski definition) is 16. The standard InChI is InChI=1S/C36H44O16/c1-34(2,3)50-30(44)20-24(41)19-23(40)18(15-10-12-16(38)13-11-15)29(32(46)52-36(7,8)9)48-27(19)21(31(45)51-35(4,5)6)28(20)49-33-26(43)25(42)22(39)17(14-37)47-33/h10-13,17,22,25-26,33,37-39,41-43H,14H2,1-9H3/t17?,22-,25?,26?,33+/m1/s1. The highest BCUT2D eigenvalue weighted by atomic mass is 16.7. The molecule has 0 spiro atoms.